The van der Waals surface area contributed by atoms with Crippen LogP contribution in [0, 0.1) is 12.3 Å². The summed E-state index contributed by atoms with van der Waals surface area (Å²) in [5.41, 5.74) is 1.06. The molecule has 36 heavy (non-hydrogen) atoms. The summed E-state index contributed by atoms with van der Waals surface area (Å²) < 4.78 is 12.4. The molecule has 0 bridgehead atoms. The summed E-state index contributed by atoms with van der Waals surface area (Å²) in [5, 5.41) is 19.9. The molecule has 0 radical (unpaired) electrons. The predicted octanol–water partition coefficient (Wildman–Crippen LogP) is 3.30. The number of nitrogens with zero attached hydrogens (tertiary/aromatic N) is 6. The van der Waals surface area contributed by atoms with E-state index in [2.05, 4.69) is 20.2 Å². The normalized spacial score (nSPS) is 16.5. The van der Waals surface area contributed by atoms with E-state index in [1.165, 1.54) is 45.0 Å². The molecule has 1 N–H and O–H groups in total. The van der Waals surface area contributed by atoms with Gasteiger partial charge in [0.15, 0.2) is 16.6 Å². The number of ether oxygens (including phenoxy) is 1. The molecule has 0 fully saturated rings. The number of amidine groups is 2. The number of carbonyl (C=O) groups is 1. The molecular weight excluding hydrogens is 502 g/mol. The molecule has 11 nitrogen and oxygen atoms in total. The molecule has 1 amide bonds. The van der Waals surface area contributed by atoms with E-state index in [1.54, 1.807) is 42.5 Å². The maximum atomic E-state index is 12.6. The largest absolute Gasteiger partial charge is 0.487 e. The summed E-state index contributed by atoms with van der Waals surface area (Å²) in [7, 11) is 0. The lowest BCUT2D eigenvalue weighted by Crippen LogP contribution is -2.35. The number of thioether (sulfide) groups is 1. The van der Waals surface area contributed by atoms with Gasteiger partial charge in [-0.05, 0) is 54.6 Å². The Bertz CT molecular complexity index is 1680. The summed E-state index contributed by atoms with van der Waals surface area (Å²) in [4.78, 5) is 33.8. The van der Waals surface area contributed by atoms with Gasteiger partial charge in [0.1, 0.15) is 17.4 Å². The molecule has 0 unspecified atom stereocenters. The first-order chi connectivity index (χ1) is 17.4. The number of furan rings is 1. The molecule has 0 aliphatic carbocycles. The number of carbonyl (C=O) groups excluding carboxylic acids is 1. The van der Waals surface area contributed by atoms with Crippen molar-refractivity contribution < 1.29 is 13.9 Å². The molecule has 4 aromatic rings. The van der Waals surface area contributed by atoms with Gasteiger partial charge in [-0.2, -0.15) is 24.7 Å². The van der Waals surface area contributed by atoms with Crippen LogP contribution in [0.4, 0.5) is 0 Å². The zero-order chi connectivity index (χ0) is 24.8. The highest BCUT2D eigenvalue weighted by Crippen LogP contribution is 2.31. The molecule has 3 aromatic heterocycles. The van der Waals surface area contributed by atoms with Crippen molar-refractivity contribution in [2.45, 2.75) is 13.5 Å². The summed E-state index contributed by atoms with van der Waals surface area (Å²) in [5.74, 6) is 0.529. The second-order valence-corrected chi connectivity index (χ2v) is 9.78. The van der Waals surface area contributed by atoms with Crippen LogP contribution in [0.15, 0.2) is 73.6 Å². The third kappa shape index (κ3) is 4.03. The van der Waals surface area contributed by atoms with Gasteiger partial charge in [0.25, 0.3) is 11.5 Å². The quantitative estimate of drug-likeness (QED) is 0.398. The van der Waals surface area contributed by atoms with Crippen LogP contribution in [-0.4, -0.2) is 41.6 Å². The van der Waals surface area contributed by atoms with Crippen LogP contribution < -0.4 is 10.3 Å². The Morgan fingerprint density at radius 2 is 2.03 bits per heavy atom. The summed E-state index contributed by atoms with van der Waals surface area (Å²) in [6.07, 6.45) is 3.12. The fourth-order valence-electron chi connectivity index (χ4n) is 3.50. The molecule has 6 rings (SSSR count). The number of fused-ring (bicyclic) bond motifs is 2. The topological polar surface area (TPSA) is 139 Å². The molecule has 2 aliphatic rings. The van der Waals surface area contributed by atoms with E-state index in [1.807, 2.05) is 6.92 Å². The Morgan fingerprint density at radius 1 is 1.19 bits per heavy atom. The van der Waals surface area contributed by atoms with Crippen LogP contribution in [0.2, 0.25) is 0 Å². The van der Waals surface area contributed by atoms with Gasteiger partial charge in [0, 0.05) is 6.07 Å². The first-order valence-electron chi connectivity index (χ1n) is 10.6. The van der Waals surface area contributed by atoms with Crippen molar-refractivity contribution in [1.82, 2.24) is 19.6 Å². The molecular formula is C23H15N7O4S2. The minimum Gasteiger partial charge on any atom is -0.487 e. The highest BCUT2D eigenvalue weighted by Gasteiger charge is 2.36. The minimum atomic E-state index is -0.513. The van der Waals surface area contributed by atoms with Gasteiger partial charge in [-0.1, -0.05) is 23.5 Å². The number of hydrazone groups is 1. The van der Waals surface area contributed by atoms with E-state index >= 15 is 0 Å². The maximum absolute atomic E-state index is 12.6. The van der Waals surface area contributed by atoms with E-state index in [0.717, 1.165) is 5.01 Å². The maximum Gasteiger partial charge on any atom is 0.283 e. The predicted molar refractivity (Wildman–Crippen MR) is 135 cm³/mol. The monoisotopic (exact) mass is 517 g/mol. The van der Waals surface area contributed by atoms with E-state index < -0.39 is 5.91 Å². The van der Waals surface area contributed by atoms with E-state index in [4.69, 9.17) is 14.6 Å². The fourth-order valence-corrected chi connectivity index (χ4v) is 5.13. The number of nitrogens with one attached hydrogen (secondary N) is 1. The smallest absolute Gasteiger partial charge is 0.283 e. The zero-order valence-electron chi connectivity index (χ0n) is 18.5. The van der Waals surface area contributed by atoms with Crippen molar-refractivity contribution in [3.63, 3.8) is 0 Å². The van der Waals surface area contributed by atoms with Crippen LogP contribution in [0.1, 0.15) is 22.0 Å². The third-order valence-electron chi connectivity index (χ3n) is 5.16. The molecule has 13 heteroatoms. The molecule has 178 valence electrons. The lowest BCUT2D eigenvalue weighted by molar-refractivity contribution is -0.114. The summed E-state index contributed by atoms with van der Waals surface area (Å²) in [6.45, 7) is 1.93. The zero-order valence-corrected chi connectivity index (χ0v) is 20.2. The van der Waals surface area contributed by atoms with Crippen LogP contribution in [0.25, 0.3) is 11.0 Å². The fraction of sp³-hybridized carbons (Fsp3) is 0.0870. The second kappa shape index (κ2) is 8.70. The Balaban J connectivity index is 1.17. The number of aromatic nitrogens is 3. The highest BCUT2D eigenvalue weighted by molar-refractivity contribution is 8.27. The van der Waals surface area contributed by atoms with E-state index in [-0.39, 0.29) is 23.6 Å². The van der Waals surface area contributed by atoms with Crippen LogP contribution in [0.5, 0.6) is 5.75 Å². The number of aryl methyl sites for hydroxylation is 1. The highest BCUT2D eigenvalue weighted by atomic mass is 32.2. The number of amides is 1. The number of benzene rings is 1. The molecule has 0 saturated carbocycles. The second-order valence-electron chi connectivity index (χ2n) is 7.66. The van der Waals surface area contributed by atoms with Gasteiger partial charge >= 0.3 is 0 Å². The number of aliphatic imine (C=N–C) groups is 1. The lowest BCUT2D eigenvalue weighted by Gasteiger charge is -2.20. The Hall–Kier alpha value is -4.36. The van der Waals surface area contributed by atoms with Gasteiger partial charge in [0.2, 0.25) is 10.1 Å². The van der Waals surface area contributed by atoms with Crippen LogP contribution >= 0.6 is 23.1 Å². The number of hydrogen-bond acceptors (Lipinski definition) is 10. The molecule has 1 aromatic carbocycles. The van der Waals surface area contributed by atoms with Gasteiger partial charge < -0.3 is 9.15 Å². The number of hydrogen-bond donors (Lipinski definition) is 1. The SMILES string of the molecule is Cc1nn2c(=O)cc(COc3ccc(/C=C4\C(=N)N5N=C(c6ccco6)SC5=NC4=O)cc3)nc2s1. The van der Waals surface area contributed by atoms with Crippen molar-refractivity contribution in [2.75, 3.05) is 0 Å². The van der Waals surface area contributed by atoms with Gasteiger partial charge in [-0.25, -0.2) is 4.98 Å². The first kappa shape index (κ1) is 22.1. The van der Waals surface area contributed by atoms with Gasteiger partial charge in [0.05, 0.1) is 17.5 Å². The molecule has 5 heterocycles. The average Bonchev–Trinajstić information content (AvgIpc) is 3.60. The van der Waals surface area contributed by atoms with Crippen molar-refractivity contribution in [2.24, 2.45) is 10.1 Å². The molecule has 2 aliphatic heterocycles. The van der Waals surface area contributed by atoms with Crippen LogP contribution in [0.3, 0.4) is 0 Å². The standard InChI is InChI=1S/C23H15N7O4S2/c1-12-27-29-18(31)10-14(25-22(29)35-12)11-34-15-6-4-13(5-7-15)9-16-19(24)30-23(26-20(16)32)36-21(28-30)17-3-2-8-33-17/h2-10,24H,11H2,1H3/b16-9+,24-19?. The van der Waals surface area contributed by atoms with Crippen molar-refractivity contribution in [3.05, 3.63) is 86.7 Å². The van der Waals surface area contributed by atoms with Crippen LogP contribution in [-0.2, 0) is 11.4 Å². The number of rotatable bonds is 5. The first-order valence-corrected chi connectivity index (χ1v) is 12.2. The van der Waals surface area contributed by atoms with E-state index in [9.17, 15) is 9.59 Å². The Kier molecular flexibility index (Phi) is 5.34. The van der Waals surface area contributed by atoms with Gasteiger partial charge in [-0.3, -0.25) is 15.0 Å². The summed E-state index contributed by atoms with van der Waals surface area (Å²) in [6, 6.07) is 11.9. The van der Waals surface area contributed by atoms with Crippen molar-refractivity contribution >= 4 is 56.1 Å². The third-order valence-corrected chi connectivity index (χ3v) is 6.91. The lowest BCUT2D eigenvalue weighted by atomic mass is 10.1. The Labute approximate surface area is 211 Å². The average molecular weight is 518 g/mol. The molecule has 0 spiro atoms. The summed E-state index contributed by atoms with van der Waals surface area (Å²) >= 11 is 2.51. The van der Waals surface area contributed by atoms with Gasteiger partial charge in [-0.15, -0.1) is 0 Å². The molecule has 0 atom stereocenters. The van der Waals surface area contributed by atoms with E-state index in [0.29, 0.717) is 37.9 Å². The van der Waals surface area contributed by atoms with Crippen molar-refractivity contribution in [3.8, 4) is 5.75 Å². The minimum absolute atomic E-state index is 0.0644. The molecule has 0 saturated heterocycles. The Morgan fingerprint density at radius 3 is 2.81 bits per heavy atom. The van der Waals surface area contributed by atoms with Crippen molar-refractivity contribution in [1.29, 1.82) is 5.41 Å².